The number of halogens is 2. The normalized spacial score (nSPS) is 11.7. The molecular formula is C15H13Cl2N3O3S2. The Morgan fingerprint density at radius 1 is 1.12 bits per heavy atom. The number of hydrogen-bond donors (Lipinski definition) is 1. The van der Waals surface area contributed by atoms with Crippen LogP contribution in [-0.4, -0.2) is 18.6 Å². The van der Waals surface area contributed by atoms with Gasteiger partial charge in [-0.1, -0.05) is 34.5 Å². The molecule has 3 aromatic rings. The lowest BCUT2D eigenvalue weighted by Gasteiger charge is -2.10. The summed E-state index contributed by atoms with van der Waals surface area (Å²) in [5.74, 6) is 1.44. The van der Waals surface area contributed by atoms with E-state index >= 15 is 0 Å². The standard InChI is InChI=1S/C15H13Cl2N3O3S2/c1-7-4-10(16)6-12(17)13(7)25(21,22)20-15-19-18-14(24-15)11-5-8(2)23-9(11)3/h4-6H,1-3H3,(H,19,20). The quantitative estimate of drug-likeness (QED) is 0.656. The van der Waals surface area contributed by atoms with Gasteiger partial charge in [-0.05, 0) is 44.5 Å². The van der Waals surface area contributed by atoms with Gasteiger partial charge in [0.2, 0.25) is 5.13 Å². The fraction of sp³-hybridized carbons (Fsp3) is 0.200. The second-order valence-electron chi connectivity index (χ2n) is 5.38. The van der Waals surface area contributed by atoms with Crippen molar-refractivity contribution in [1.82, 2.24) is 10.2 Å². The van der Waals surface area contributed by atoms with E-state index in [1.165, 1.54) is 12.1 Å². The molecule has 25 heavy (non-hydrogen) atoms. The van der Waals surface area contributed by atoms with E-state index in [-0.39, 0.29) is 15.0 Å². The maximum Gasteiger partial charge on any atom is 0.265 e. The number of nitrogens with zero attached hydrogens (tertiary/aromatic N) is 2. The van der Waals surface area contributed by atoms with Crippen LogP contribution < -0.4 is 4.72 Å². The second-order valence-corrected chi connectivity index (χ2v) is 8.82. The lowest BCUT2D eigenvalue weighted by Crippen LogP contribution is -2.14. The molecule has 0 amide bonds. The first-order valence-electron chi connectivity index (χ1n) is 7.07. The van der Waals surface area contributed by atoms with Crippen LogP contribution in [0.2, 0.25) is 10.0 Å². The van der Waals surface area contributed by atoms with Gasteiger partial charge in [0, 0.05) is 5.02 Å². The Bertz CT molecular complexity index is 1030. The SMILES string of the molecule is Cc1cc(-c2nnc(NS(=O)(=O)c3c(C)cc(Cl)cc3Cl)s2)c(C)o1. The maximum atomic E-state index is 12.7. The summed E-state index contributed by atoms with van der Waals surface area (Å²) in [6, 6.07) is 4.74. The molecule has 132 valence electrons. The highest BCUT2D eigenvalue weighted by molar-refractivity contribution is 7.93. The fourth-order valence-corrected chi connectivity index (χ4v) is 5.64. The largest absolute Gasteiger partial charge is 0.466 e. The lowest BCUT2D eigenvalue weighted by atomic mass is 10.2. The number of sulfonamides is 1. The van der Waals surface area contributed by atoms with Gasteiger partial charge in [-0.25, -0.2) is 8.42 Å². The van der Waals surface area contributed by atoms with Crippen molar-refractivity contribution in [3.8, 4) is 10.6 Å². The minimum atomic E-state index is -3.92. The summed E-state index contributed by atoms with van der Waals surface area (Å²) in [5.41, 5.74) is 1.22. The zero-order valence-corrected chi connectivity index (χ0v) is 16.6. The third kappa shape index (κ3) is 3.67. The number of benzene rings is 1. The number of nitrogens with one attached hydrogen (secondary N) is 1. The minimum absolute atomic E-state index is 0.0364. The smallest absolute Gasteiger partial charge is 0.265 e. The van der Waals surface area contributed by atoms with Crippen LogP contribution in [0.1, 0.15) is 17.1 Å². The number of rotatable bonds is 4. The molecule has 0 unspecified atom stereocenters. The predicted octanol–water partition coefficient (Wildman–Crippen LogP) is 4.83. The van der Waals surface area contributed by atoms with Crippen LogP contribution in [0.5, 0.6) is 0 Å². The molecule has 2 aromatic heterocycles. The van der Waals surface area contributed by atoms with E-state index in [0.29, 0.717) is 21.4 Å². The predicted molar refractivity (Wildman–Crippen MR) is 99.1 cm³/mol. The lowest BCUT2D eigenvalue weighted by molar-refractivity contribution is 0.505. The van der Waals surface area contributed by atoms with E-state index < -0.39 is 10.0 Å². The van der Waals surface area contributed by atoms with Gasteiger partial charge in [0.25, 0.3) is 10.0 Å². The summed E-state index contributed by atoms with van der Waals surface area (Å²) in [6.07, 6.45) is 0. The number of hydrogen-bond acceptors (Lipinski definition) is 6. The minimum Gasteiger partial charge on any atom is -0.466 e. The first-order chi connectivity index (χ1) is 11.7. The molecule has 0 spiro atoms. The molecule has 2 heterocycles. The van der Waals surface area contributed by atoms with Crippen molar-refractivity contribution in [3.63, 3.8) is 0 Å². The molecule has 1 aromatic carbocycles. The van der Waals surface area contributed by atoms with Crippen LogP contribution in [0.4, 0.5) is 5.13 Å². The number of aryl methyl sites for hydroxylation is 3. The average molecular weight is 418 g/mol. The zero-order chi connectivity index (χ0) is 18.4. The summed E-state index contributed by atoms with van der Waals surface area (Å²) in [4.78, 5) is -0.0364. The molecule has 0 aliphatic heterocycles. The molecule has 6 nitrogen and oxygen atoms in total. The average Bonchev–Trinajstić information content (AvgIpc) is 3.02. The molecular weight excluding hydrogens is 405 g/mol. The molecule has 0 atom stereocenters. The highest BCUT2D eigenvalue weighted by atomic mass is 35.5. The Morgan fingerprint density at radius 3 is 2.44 bits per heavy atom. The molecule has 0 bridgehead atoms. The van der Waals surface area contributed by atoms with E-state index in [0.717, 1.165) is 22.7 Å². The summed E-state index contributed by atoms with van der Waals surface area (Å²) < 4.78 is 33.2. The zero-order valence-electron chi connectivity index (χ0n) is 13.4. The van der Waals surface area contributed by atoms with E-state index in [1.807, 2.05) is 19.9 Å². The third-order valence-electron chi connectivity index (χ3n) is 3.38. The molecule has 0 saturated carbocycles. The van der Waals surface area contributed by atoms with Crippen LogP contribution in [0, 0.1) is 20.8 Å². The van der Waals surface area contributed by atoms with Crippen molar-refractivity contribution in [2.45, 2.75) is 25.7 Å². The number of furan rings is 1. The van der Waals surface area contributed by atoms with E-state index in [4.69, 9.17) is 27.6 Å². The Morgan fingerprint density at radius 2 is 1.84 bits per heavy atom. The van der Waals surface area contributed by atoms with Gasteiger partial charge in [-0.2, -0.15) is 0 Å². The van der Waals surface area contributed by atoms with Crippen molar-refractivity contribution in [3.05, 3.63) is 45.3 Å². The van der Waals surface area contributed by atoms with Crippen LogP contribution in [0.15, 0.2) is 27.5 Å². The molecule has 0 radical (unpaired) electrons. The fourth-order valence-electron chi connectivity index (χ4n) is 2.41. The Kier molecular flexibility index (Phi) is 4.80. The summed E-state index contributed by atoms with van der Waals surface area (Å²) >= 11 is 13.1. The van der Waals surface area contributed by atoms with Gasteiger partial charge in [0.15, 0.2) is 5.01 Å². The van der Waals surface area contributed by atoms with Crippen LogP contribution >= 0.6 is 34.5 Å². The number of aromatic nitrogens is 2. The van der Waals surface area contributed by atoms with Crippen molar-refractivity contribution < 1.29 is 12.8 Å². The van der Waals surface area contributed by atoms with Gasteiger partial charge in [-0.15, -0.1) is 10.2 Å². The Balaban J connectivity index is 1.94. The maximum absolute atomic E-state index is 12.7. The van der Waals surface area contributed by atoms with Crippen LogP contribution in [0.25, 0.3) is 10.6 Å². The number of anilines is 1. The van der Waals surface area contributed by atoms with Crippen molar-refractivity contribution in [1.29, 1.82) is 0 Å². The Labute approximate surface area is 158 Å². The molecule has 3 rings (SSSR count). The van der Waals surface area contributed by atoms with Crippen LogP contribution in [-0.2, 0) is 10.0 Å². The summed E-state index contributed by atoms with van der Waals surface area (Å²) in [7, 11) is -3.92. The highest BCUT2D eigenvalue weighted by Gasteiger charge is 2.23. The van der Waals surface area contributed by atoms with Crippen LogP contribution in [0.3, 0.4) is 0 Å². The van der Waals surface area contributed by atoms with Gasteiger partial charge in [0.05, 0.1) is 10.6 Å². The first kappa shape index (κ1) is 18.2. The summed E-state index contributed by atoms with van der Waals surface area (Å²) in [5, 5.41) is 9.03. The molecule has 0 saturated heterocycles. The van der Waals surface area contributed by atoms with Crippen molar-refractivity contribution in [2.75, 3.05) is 4.72 Å². The molecule has 0 aliphatic carbocycles. The topological polar surface area (TPSA) is 85.1 Å². The van der Waals surface area contributed by atoms with Crippen molar-refractivity contribution in [2.24, 2.45) is 0 Å². The molecule has 0 aliphatic rings. The van der Waals surface area contributed by atoms with Gasteiger partial charge in [0.1, 0.15) is 16.4 Å². The van der Waals surface area contributed by atoms with Gasteiger partial charge >= 0.3 is 0 Å². The van der Waals surface area contributed by atoms with E-state index in [9.17, 15) is 8.42 Å². The van der Waals surface area contributed by atoms with Gasteiger partial charge < -0.3 is 4.42 Å². The van der Waals surface area contributed by atoms with E-state index in [2.05, 4.69) is 14.9 Å². The van der Waals surface area contributed by atoms with Crippen molar-refractivity contribution >= 4 is 49.7 Å². The molecule has 10 heteroatoms. The highest BCUT2D eigenvalue weighted by Crippen LogP contribution is 2.34. The monoisotopic (exact) mass is 417 g/mol. The molecule has 1 N–H and O–H groups in total. The Hall–Kier alpha value is -1.61. The van der Waals surface area contributed by atoms with Gasteiger partial charge in [-0.3, -0.25) is 4.72 Å². The third-order valence-corrected chi connectivity index (χ3v) is 6.55. The molecule has 0 fully saturated rings. The second kappa shape index (κ2) is 6.60. The summed E-state index contributed by atoms with van der Waals surface area (Å²) in [6.45, 7) is 5.26. The first-order valence-corrected chi connectivity index (χ1v) is 10.1. The van der Waals surface area contributed by atoms with E-state index in [1.54, 1.807) is 6.92 Å².